The van der Waals surface area contributed by atoms with E-state index in [0.717, 1.165) is 31.7 Å². The van der Waals surface area contributed by atoms with E-state index in [1.807, 2.05) is 11.3 Å². The second-order valence-corrected chi connectivity index (χ2v) is 7.28. The van der Waals surface area contributed by atoms with E-state index < -0.39 is 0 Å². The molecular weight excluding hydrogens is 346 g/mol. The third kappa shape index (κ3) is 3.96. The monoisotopic (exact) mass is 369 g/mol. The Labute approximate surface area is 140 Å². The average Bonchev–Trinajstić information content (AvgIpc) is 3.07. The lowest BCUT2D eigenvalue weighted by atomic mass is 10.2. The zero-order valence-electron chi connectivity index (χ0n) is 13.3. The van der Waals surface area contributed by atoms with E-state index in [1.54, 1.807) is 0 Å². The number of aryl methyl sites for hydroxylation is 2. The maximum absolute atomic E-state index is 4.70. The van der Waals surface area contributed by atoms with E-state index in [9.17, 15) is 0 Å². The molecule has 2 rings (SSSR count). The van der Waals surface area contributed by atoms with Gasteiger partial charge in [0, 0.05) is 30.6 Å². The third-order valence-electron chi connectivity index (χ3n) is 3.72. The second kappa shape index (κ2) is 7.56. The van der Waals surface area contributed by atoms with Crippen LogP contribution in [0, 0.1) is 0 Å². The Hall–Kier alpha value is -0.650. The fourth-order valence-corrected chi connectivity index (χ4v) is 3.80. The molecule has 0 radical (unpaired) electrons. The summed E-state index contributed by atoms with van der Waals surface area (Å²) in [5.41, 5.74) is 2.45. The highest BCUT2D eigenvalue weighted by Gasteiger charge is 2.19. The molecule has 0 aliphatic rings. The van der Waals surface area contributed by atoms with Crippen molar-refractivity contribution in [3.8, 4) is 0 Å². The van der Waals surface area contributed by atoms with E-state index in [0.29, 0.717) is 6.04 Å². The fraction of sp³-hybridized carbons (Fsp3) is 0.562. The first-order valence-corrected chi connectivity index (χ1v) is 9.24. The molecule has 0 saturated heterocycles. The number of halogens is 1. The number of aromatic nitrogens is 2. The molecule has 0 amide bonds. The van der Waals surface area contributed by atoms with Crippen LogP contribution >= 0.6 is 27.3 Å². The van der Waals surface area contributed by atoms with Crippen LogP contribution in [-0.2, 0) is 26.1 Å². The van der Waals surface area contributed by atoms with Gasteiger partial charge in [-0.05, 0) is 54.6 Å². The number of hydrogen-bond donors (Lipinski definition) is 0. The lowest BCUT2D eigenvalue weighted by Crippen LogP contribution is -2.30. The van der Waals surface area contributed by atoms with Crippen LogP contribution in [0.25, 0.3) is 0 Å². The van der Waals surface area contributed by atoms with Gasteiger partial charge in [0.1, 0.15) is 0 Å². The smallest absolute Gasteiger partial charge is 0.0767 e. The first-order chi connectivity index (χ1) is 10.1. The van der Waals surface area contributed by atoms with Crippen LogP contribution in [0.1, 0.15) is 44.0 Å². The van der Waals surface area contributed by atoms with Crippen molar-refractivity contribution in [1.29, 1.82) is 0 Å². The minimum absolute atomic E-state index is 0.504. The van der Waals surface area contributed by atoms with E-state index in [2.05, 4.69) is 70.7 Å². The van der Waals surface area contributed by atoms with Crippen molar-refractivity contribution in [1.82, 2.24) is 14.7 Å². The summed E-state index contributed by atoms with van der Waals surface area (Å²) in [4.78, 5) is 3.91. The molecule has 0 fully saturated rings. The van der Waals surface area contributed by atoms with Gasteiger partial charge in [0.25, 0.3) is 0 Å². The molecule has 21 heavy (non-hydrogen) atoms. The first-order valence-electron chi connectivity index (χ1n) is 7.57. The van der Waals surface area contributed by atoms with Crippen LogP contribution in [0.5, 0.6) is 0 Å². The molecule has 116 valence electrons. The van der Waals surface area contributed by atoms with Crippen molar-refractivity contribution in [3.05, 3.63) is 38.3 Å². The predicted molar refractivity (Wildman–Crippen MR) is 93.7 cm³/mol. The van der Waals surface area contributed by atoms with Crippen LogP contribution in [0.15, 0.2) is 22.0 Å². The van der Waals surface area contributed by atoms with Crippen LogP contribution < -0.4 is 0 Å². The van der Waals surface area contributed by atoms with E-state index in [-0.39, 0.29) is 0 Å². The Morgan fingerprint density at radius 3 is 2.62 bits per heavy atom. The van der Waals surface area contributed by atoms with Crippen molar-refractivity contribution >= 4 is 27.3 Å². The molecule has 2 aromatic heterocycles. The van der Waals surface area contributed by atoms with Crippen molar-refractivity contribution in [3.63, 3.8) is 0 Å². The molecule has 2 aromatic rings. The van der Waals surface area contributed by atoms with E-state index in [1.165, 1.54) is 15.0 Å². The minimum Gasteiger partial charge on any atom is -0.290 e. The third-order valence-corrected chi connectivity index (χ3v) is 5.49. The molecule has 0 aromatic carbocycles. The number of thiophene rings is 1. The molecule has 0 unspecified atom stereocenters. The van der Waals surface area contributed by atoms with Gasteiger partial charge < -0.3 is 0 Å². The Morgan fingerprint density at radius 2 is 2.10 bits per heavy atom. The van der Waals surface area contributed by atoms with Crippen molar-refractivity contribution in [2.45, 2.75) is 59.8 Å². The van der Waals surface area contributed by atoms with Gasteiger partial charge >= 0.3 is 0 Å². The lowest BCUT2D eigenvalue weighted by Gasteiger charge is -2.26. The summed E-state index contributed by atoms with van der Waals surface area (Å²) in [5.74, 6) is 0. The SMILES string of the molecule is CCc1nn(CC)c(CN(Cc2cccs2)C(C)C)c1Br. The molecule has 0 aliphatic heterocycles. The standard InChI is InChI=1S/C16H24BrN3S/c1-5-14-16(17)15(20(6-2)18-14)11-19(12(3)4)10-13-8-7-9-21-13/h7-9,12H,5-6,10-11H2,1-4H3. The summed E-state index contributed by atoms with van der Waals surface area (Å²) in [6, 6.07) is 4.84. The van der Waals surface area contributed by atoms with Gasteiger partial charge in [-0.25, -0.2) is 0 Å². The Bertz CT molecular complexity index is 560. The van der Waals surface area contributed by atoms with Crippen molar-refractivity contribution in [2.24, 2.45) is 0 Å². The van der Waals surface area contributed by atoms with Crippen molar-refractivity contribution in [2.75, 3.05) is 0 Å². The van der Waals surface area contributed by atoms with Gasteiger partial charge in [0.2, 0.25) is 0 Å². The Morgan fingerprint density at radius 1 is 1.33 bits per heavy atom. The molecule has 0 bridgehead atoms. The van der Waals surface area contributed by atoms with Gasteiger partial charge in [0.15, 0.2) is 0 Å². The van der Waals surface area contributed by atoms with E-state index >= 15 is 0 Å². The summed E-state index contributed by atoms with van der Waals surface area (Å²) < 4.78 is 3.32. The van der Waals surface area contributed by atoms with Crippen LogP contribution in [-0.4, -0.2) is 20.7 Å². The highest BCUT2D eigenvalue weighted by atomic mass is 79.9. The number of hydrogen-bond acceptors (Lipinski definition) is 3. The minimum atomic E-state index is 0.504. The number of nitrogens with zero attached hydrogens (tertiary/aromatic N) is 3. The van der Waals surface area contributed by atoms with Crippen LogP contribution in [0.4, 0.5) is 0 Å². The fourth-order valence-electron chi connectivity index (χ4n) is 2.38. The zero-order valence-corrected chi connectivity index (χ0v) is 15.7. The summed E-state index contributed by atoms with van der Waals surface area (Å²) in [6.07, 6.45) is 0.965. The molecule has 3 nitrogen and oxygen atoms in total. The normalized spacial score (nSPS) is 11.8. The largest absolute Gasteiger partial charge is 0.290 e. The zero-order chi connectivity index (χ0) is 15.4. The molecule has 2 heterocycles. The maximum atomic E-state index is 4.70. The van der Waals surface area contributed by atoms with Gasteiger partial charge in [-0.3, -0.25) is 9.58 Å². The van der Waals surface area contributed by atoms with E-state index in [4.69, 9.17) is 5.10 Å². The predicted octanol–water partition coefficient (Wildman–Crippen LogP) is 4.70. The summed E-state index contributed by atoms with van der Waals surface area (Å²) in [6.45, 7) is 11.7. The van der Waals surface area contributed by atoms with Gasteiger partial charge in [-0.2, -0.15) is 5.10 Å². The maximum Gasteiger partial charge on any atom is 0.0767 e. The molecule has 0 N–H and O–H groups in total. The average molecular weight is 370 g/mol. The van der Waals surface area contributed by atoms with Crippen LogP contribution in [0.2, 0.25) is 0 Å². The number of rotatable bonds is 7. The first kappa shape index (κ1) is 16.7. The van der Waals surface area contributed by atoms with Gasteiger partial charge in [-0.15, -0.1) is 11.3 Å². The topological polar surface area (TPSA) is 21.1 Å². The molecule has 0 atom stereocenters. The van der Waals surface area contributed by atoms with Crippen LogP contribution in [0.3, 0.4) is 0 Å². The Balaban J connectivity index is 2.22. The van der Waals surface area contributed by atoms with Gasteiger partial charge in [0.05, 0.1) is 15.9 Å². The highest BCUT2D eigenvalue weighted by Crippen LogP contribution is 2.25. The summed E-state index contributed by atoms with van der Waals surface area (Å²) >= 11 is 5.58. The highest BCUT2D eigenvalue weighted by molar-refractivity contribution is 9.10. The summed E-state index contributed by atoms with van der Waals surface area (Å²) in [5, 5.41) is 6.85. The Kier molecular flexibility index (Phi) is 6.02. The molecule has 0 aliphatic carbocycles. The van der Waals surface area contributed by atoms with Crippen molar-refractivity contribution < 1.29 is 0 Å². The molecule has 0 spiro atoms. The molecule has 5 heteroatoms. The van der Waals surface area contributed by atoms with Gasteiger partial charge in [-0.1, -0.05) is 13.0 Å². The molecule has 0 saturated carbocycles. The quantitative estimate of drug-likeness (QED) is 0.704. The lowest BCUT2D eigenvalue weighted by molar-refractivity contribution is 0.199. The molecular formula is C16H24BrN3S. The second-order valence-electron chi connectivity index (χ2n) is 5.45. The summed E-state index contributed by atoms with van der Waals surface area (Å²) in [7, 11) is 0.